The number of fused-ring (bicyclic) bond motifs is 1. The second-order valence-corrected chi connectivity index (χ2v) is 3.45. The van der Waals surface area contributed by atoms with Crippen molar-refractivity contribution < 1.29 is 9.59 Å². The number of piperidine rings is 1. The smallest absolute Gasteiger partial charge is 0.224 e. The quantitative estimate of drug-likeness (QED) is 0.523. The van der Waals surface area contributed by atoms with E-state index in [2.05, 4.69) is 5.32 Å². The maximum absolute atomic E-state index is 11.5. The van der Waals surface area contributed by atoms with Gasteiger partial charge in [0.05, 0.1) is 0 Å². The van der Waals surface area contributed by atoms with Gasteiger partial charge in [-0.15, -0.1) is 0 Å². The fraction of sp³-hybridized carbons (Fsp3) is 0.750. The van der Waals surface area contributed by atoms with E-state index in [1.165, 1.54) is 0 Å². The van der Waals surface area contributed by atoms with E-state index in [9.17, 15) is 9.59 Å². The lowest BCUT2D eigenvalue weighted by Gasteiger charge is -2.30. The van der Waals surface area contributed by atoms with E-state index in [-0.39, 0.29) is 23.8 Å². The summed E-state index contributed by atoms with van der Waals surface area (Å²) in [5.41, 5.74) is 0. The van der Waals surface area contributed by atoms with E-state index >= 15 is 0 Å². The normalized spacial score (nSPS) is 35.6. The average molecular weight is 168 g/mol. The van der Waals surface area contributed by atoms with Crippen LogP contribution in [0.15, 0.2) is 0 Å². The molecular formula is C8H12N2O2. The Labute approximate surface area is 70.9 Å². The van der Waals surface area contributed by atoms with Crippen molar-refractivity contribution in [1.29, 1.82) is 0 Å². The van der Waals surface area contributed by atoms with Crippen molar-refractivity contribution >= 4 is 11.7 Å². The molecule has 2 aliphatic heterocycles. The molecule has 0 aromatic heterocycles. The van der Waals surface area contributed by atoms with Crippen molar-refractivity contribution in [2.24, 2.45) is 5.92 Å². The van der Waals surface area contributed by atoms with Crippen LogP contribution < -0.4 is 5.32 Å². The predicted octanol–water partition coefficient (Wildman–Crippen LogP) is -0.647. The Balaban J connectivity index is 2.23. The van der Waals surface area contributed by atoms with Crippen molar-refractivity contribution in [3.05, 3.63) is 0 Å². The molecule has 2 saturated heterocycles. The minimum atomic E-state index is -0.318. The Morgan fingerprint density at radius 1 is 1.50 bits per heavy atom. The molecule has 2 heterocycles. The summed E-state index contributed by atoms with van der Waals surface area (Å²) >= 11 is 0. The first-order valence-corrected chi connectivity index (χ1v) is 4.27. The standard InChI is InChI=1S/C8H12N2O2/c1-5-4-6(11)10-3-2-9-8(10)7(5)12/h5,8-9H,2-4H2,1H3. The van der Waals surface area contributed by atoms with Crippen LogP contribution >= 0.6 is 0 Å². The summed E-state index contributed by atoms with van der Waals surface area (Å²) in [6.45, 7) is 3.24. The molecular weight excluding hydrogens is 156 g/mol. The van der Waals surface area contributed by atoms with Gasteiger partial charge in [-0.1, -0.05) is 6.92 Å². The third-order valence-corrected chi connectivity index (χ3v) is 2.56. The Morgan fingerprint density at radius 2 is 2.25 bits per heavy atom. The van der Waals surface area contributed by atoms with Crippen molar-refractivity contribution in [3.8, 4) is 0 Å². The SMILES string of the molecule is CC1CC(=O)N2CCNC2C1=O. The summed E-state index contributed by atoms with van der Waals surface area (Å²) in [5.74, 6) is 0.161. The number of nitrogens with one attached hydrogen (secondary N) is 1. The van der Waals surface area contributed by atoms with Gasteiger partial charge in [0, 0.05) is 25.4 Å². The van der Waals surface area contributed by atoms with Crippen LogP contribution in [-0.2, 0) is 9.59 Å². The molecule has 4 heteroatoms. The molecule has 0 aromatic rings. The van der Waals surface area contributed by atoms with E-state index in [0.29, 0.717) is 13.0 Å². The Morgan fingerprint density at radius 3 is 3.00 bits per heavy atom. The fourth-order valence-electron chi connectivity index (χ4n) is 1.83. The van der Waals surface area contributed by atoms with E-state index in [1.807, 2.05) is 6.92 Å². The minimum absolute atomic E-state index is 0.107. The molecule has 2 aliphatic rings. The van der Waals surface area contributed by atoms with E-state index < -0.39 is 0 Å². The van der Waals surface area contributed by atoms with Gasteiger partial charge in [-0.05, 0) is 0 Å². The molecule has 0 spiro atoms. The molecule has 0 saturated carbocycles. The van der Waals surface area contributed by atoms with Gasteiger partial charge in [0.25, 0.3) is 0 Å². The molecule has 2 unspecified atom stereocenters. The first-order chi connectivity index (χ1) is 5.70. The largest absolute Gasteiger partial charge is 0.319 e. The molecule has 1 N–H and O–H groups in total. The van der Waals surface area contributed by atoms with Crippen LogP contribution in [0.4, 0.5) is 0 Å². The van der Waals surface area contributed by atoms with Crippen LogP contribution in [0.1, 0.15) is 13.3 Å². The highest BCUT2D eigenvalue weighted by Crippen LogP contribution is 2.20. The fourth-order valence-corrected chi connectivity index (χ4v) is 1.83. The molecule has 0 aliphatic carbocycles. The summed E-state index contributed by atoms with van der Waals surface area (Å²) in [5, 5.41) is 3.02. The number of amides is 1. The molecule has 0 bridgehead atoms. The van der Waals surface area contributed by atoms with Crippen molar-refractivity contribution in [2.75, 3.05) is 13.1 Å². The van der Waals surface area contributed by atoms with Gasteiger partial charge >= 0.3 is 0 Å². The lowest BCUT2D eigenvalue weighted by atomic mass is 9.95. The monoisotopic (exact) mass is 168 g/mol. The summed E-state index contributed by atoms with van der Waals surface area (Å²) in [7, 11) is 0. The second kappa shape index (κ2) is 2.55. The van der Waals surface area contributed by atoms with Crippen molar-refractivity contribution in [2.45, 2.75) is 19.5 Å². The number of hydrogen-bond acceptors (Lipinski definition) is 3. The topological polar surface area (TPSA) is 49.4 Å². The van der Waals surface area contributed by atoms with E-state index in [4.69, 9.17) is 0 Å². The molecule has 0 aromatic carbocycles. The van der Waals surface area contributed by atoms with Crippen LogP contribution in [0.3, 0.4) is 0 Å². The zero-order chi connectivity index (χ0) is 8.72. The molecule has 2 atom stereocenters. The highest BCUT2D eigenvalue weighted by Gasteiger charge is 2.41. The Hall–Kier alpha value is -0.900. The van der Waals surface area contributed by atoms with Crippen LogP contribution in [0.5, 0.6) is 0 Å². The molecule has 12 heavy (non-hydrogen) atoms. The van der Waals surface area contributed by atoms with Gasteiger partial charge in [0.15, 0.2) is 5.78 Å². The Kier molecular flexibility index (Phi) is 1.65. The van der Waals surface area contributed by atoms with E-state index in [0.717, 1.165) is 6.54 Å². The summed E-state index contributed by atoms with van der Waals surface area (Å²) < 4.78 is 0. The second-order valence-electron chi connectivity index (χ2n) is 3.45. The third kappa shape index (κ3) is 0.948. The van der Waals surface area contributed by atoms with Gasteiger partial charge in [-0.25, -0.2) is 0 Å². The number of carbonyl (C=O) groups is 2. The number of carbonyl (C=O) groups excluding carboxylic acids is 2. The minimum Gasteiger partial charge on any atom is -0.319 e. The van der Waals surface area contributed by atoms with Crippen LogP contribution in [0.25, 0.3) is 0 Å². The van der Waals surface area contributed by atoms with Crippen molar-refractivity contribution in [3.63, 3.8) is 0 Å². The first kappa shape index (κ1) is 7.73. The lowest BCUT2D eigenvalue weighted by Crippen LogP contribution is -2.52. The van der Waals surface area contributed by atoms with Gasteiger partial charge < -0.3 is 4.90 Å². The zero-order valence-corrected chi connectivity index (χ0v) is 7.04. The summed E-state index contributed by atoms with van der Waals surface area (Å²) in [4.78, 5) is 24.5. The van der Waals surface area contributed by atoms with Gasteiger partial charge in [0.2, 0.25) is 5.91 Å². The van der Waals surface area contributed by atoms with E-state index in [1.54, 1.807) is 4.90 Å². The number of nitrogens with zero attached hydrogens (tertiary/aromatic N) is 1. The number of hydrogen-bond donors (Lipinski definition) is 1. The lowest BCUT2D eigenvalue weighted by molar-refractivity contribution is -0.146. The van der Waals surface area contributed by atoms with Crippen molar-refractivity contribution in [1.82, 2.24) is 10.2 Å². The summed E-state index contributed by atoms with van der Waals surface area (Å²) in [6.07, 6.45) is 0.0676. The molecule has 2 rings (SSSR count). The molecule has 0 radical (unpaired) electrons. The maximum Gasteiger partial charge on any atom is 0.224 e. The molecule has 66 valence electrons. The highest BCUT2D eigenvalue weighted by molar-refractivity contribution is 5.97. The average Bonchev–Trinajstić information content (AvgIpc) is 2.48. The summed E-state index contributed by atoms with van der Waals surface area (Å²) in [6, 6.07) is 0. The van der Waals surface area contributed by atoms with Gasteiger partial charge in [0.1, 0.15) is 6.17 Å². The predicted molar refractivity (Wildman–Crippen MR) is 42.3 cm³/mol. The zero-order valence-electron chi connectivity index (χ0n) is 7.04. The van der Waals surface area contributed by atoms with Crippen LogP contribution in [-0.4, -0.2) is 35.8 Å². The maximum atomic E-state index is 11.5. The number of ketones is 1. The third-order valence-electron chi connectivity index (χ3n) is 2.56. The highest BCUT2D eigenvalue weighted by atomic mass is 16.2. The number of rotatable bonds is 0. The van der Waals surface area contributed by atoms with Gasteiger partial charge in [-0.3, -0.25) is 14.9 Å². The molecule has 4 nitrogen and oxygen atoms in total. The van der Waals surface area contributed by atoms with Crippen LogP contribution in [0, 0.1) is 5.92 Å². The van der Waals surface area contributed by atoms with Crippen LogP contribution in [0.2, 0.25) is 0 Å². The molecule has 1 amide bonds. The molecule has 2 fully saturated rings. The number of Topliss-reactive ketones (excluding diaryl/α,β-unsaturated/α-hetero) is 1. The Bertz CT molecular complexity index is 239. The van der Waals surface area contributed by atoms with Gasteiger partial charge in [-0.2, -0.15) is 0 Å². The first-order valence-electron chi connectivity index (χ1n) is 4.27.